The molecule has 4 heteroatoms. The van der Waals surface area contributed by atoms with Crippen molar-refractivity contribution in [1.29, 1.82) is 0 Å². The molecule has 0 unspecified atom stereocenters. The molecule has 1 rings (SSSR count). The SMILES string of the molecule is CCOC1CC(NC(=O)C(C)(C)NC)C1. The standard InChI is InChI=1S/C11H22N2O2/c1-5-15-9-6-8(7-9)13-10(14)11(2,3)12-4/h8-9,12H,5-7H2,1-4H3,(H,13,14). The van der Waals surface area contributed by atoms with Crippen LogP contribution in [-0.4, -0.2) is 37.2 Å². The van der Waals surface area contributed by atoms with Gasteiger partial charge < -0.3 is 15.4 Å². The minimum absolute atomic E-state index is 0.0601. The number of hydrogen-bond donors (Lipinski definition) is 2. The van der Waals surface area contributed by atoms with E-state index in [0.29, 0.717) is 12.1 Å². The number of hydrogen-bond acceptors (Lipinski definition) is 3. The number of nitrogens with one attached hydrogen (secondary N) is 2. The van der Waals surface area contributed by atoms with Gasteiger partial charge in [-0.05, 0) is 40.7 Å². The van der Waals surface area contributed by atoms with E-state index in [1.54, 1.807) is 7.05 Å². The smallest absolute Gasteiger partial charge is 0.239 e. The van der Waals surface area contributed by atoms with Gasteiger partial charge in [-0.2, -0.15) is 0 Å². The van der Waals surface area contributed by atoms with Gasteiger partial charge in [0.05, 0.1) is 11.6 Å². The zero-order chi connectivity index (χ0) is 11.5. The van der Waals surface area contributed by atoms with E-state index in [9.17, 15) is 4.79 Å². The summed E-state index contributed by atoms with van der Waals surface area (Å²) in [5.41, 5.74) is -0.489. The summed E-state index contributed by atoms with van der Waals surface area (Å²) in [6, 6.07) is 0.293. The van der Waals surface area contributed by atoms with Crippen molar-refractivity contribution in [2.45, 2.75) is 51.3 Å². The molecule has 1 amide bonds. The minimum Gasteiger partial charge on any atom is -0.378 e. The molecule has 0 aromatic heterocycles. The Balaban J connectivity index is 2.25. The first-order valence-electron chi connectivity index (χ1n) is 5.61. The van der Waals surface area contributed by atoms with Crippen molar-refractivity contribution in [2.75, 3.05) is 13.7 Å². The molecule has 1 saturated carbocycles. The third-order valence-corrected chi connectivity index (χ3v) is 3.03. The first-order valence-corrected chi connectivity index (χ1v) is 5.61. The number of likely N-dealkylation sites (N-methyl/N-ethyl adjacent to an activating group) is 1. The lowest BCUT2D eigenvalue weighted by Gasteiger charge is -2.37. The summed E-state index contributed by atoms with van der Waals surface area (Å²) in [7, 11) is 1.79. The molecule has 1 aliphatic carbocycles. The molecule has 1 fully saturated rings. The summed E-state index contributed by atoms with van der Waals surface area (Å²) in [6.45, 7) is 6.51. The van der Waals surface area contributed by atoms with Gasteiger partial charge in [0.15, 0.2) is 0 Å². The Morgan fingerprint density at radius 3 is 2.53 bits per heavy atom. The van der Waals surface area contributed by atoms with Crippen molar-refractivity contribution < 1.29 is 9.53 Å². The quantitative estimate of drug-likeness (QED) is 0.707. The number of amides is 1. The van der Waals surface area contributed by atoms with E-state index >= 15 is 0 Å². The van der Waals surface area contributed by atoms with Crippen LogP contribution in [0.1, 0.15) is 33.6 Å². The number of ether oxygens (including phenoxy) is 1. The Morgan fingerprint density at radius 2 is 2.07 bits per heavy atom. The second kappa shape index (κ2) is 4.94. The summed E-state index contributed by atoms with van der Waals surface area (Å²) in [5, 5.41) is 6.00. The molecule has 0 aromatic carbocycles. The van der Waals surface area contributed by atoms with Crippen LogP contribution in [-0.2, 0) is 9.53 Å². The maximum atomic E-state index is 11.7. The van der Waals surface area contributed by atoms with E-state index in [1.807, 2.05) is 20.8 Å². The highest BCUT2D eigenvalue weighted by molar-refractivity contribution is 5.85. The first-order chi connectivity index (χ1) is 6.99. The van der Waals surface area contributed by atoms with Crippen LogP contribution in [0.3, 0.4) is 0 Å². The second-order valence-corrected chi connectivity index (χ2v) is 4.59. The third kappa shape index (κ3) is 3.18. The van der Waals surface area contributed by atoms with Crippen LogP contribution in [0.4, 0.5) is 0 Å². The van der Waals surface area contributed by atoms with Crippen LogP contribution in [0.15, 0.2) is 0 Å². The van der Waals surface area contributed by atoms with Crippen LogP contribution >= 0.6 is 0 Å². The highest BCUT2D eigenvalue weighted by atomic mass is 16.5. The minimum atomic E-state index is -0.489. The number of carbonyl (C=O) groups is 1. The molecule has 2 N–H and O–H groups in total. The van der Waals surface area contributed by atoms with E-state index in [4.69, 9.17) is 4.74 Å². The highest BCUT2D eigenvalue weighted by Gasteiger charge is 2.34. The zero-order valence-corrected chi connectivity index (χ0v) is 10.1. The van der Waals surface area contributed by atoms with E-state index in [-0.39, 0.29) is 5.91 Å². The fraction of sp³-hybridized carbons (Fsp3) is 0.909. The van der Waals surface area contributed by atoms with Gasteiger partial charge >= 0.3 is 0 Å². The third-order valence-electron chi connectivity index (χ3n) is 3.03. The fourth-order valence-corrected chi connectivity index (χ4v) is 1.53. The highest BCUT2D eigenvalue weighted by Crippen LogP contribution is 2.23. The van der Waals surface area contributed by atoms with Crippen molar-refractivity contribution in [2.24, 2.45) is 0 Å². The average Bonchev–Trinajstić information content (AvgIpc) is 2.14. The topological polar surface area (TPSA) is 50.4 Å². The Hall–Kier alpha value is -0.610. The lowest BCUT2D eigenvalue weighted by atomic mass is 9.88. The molecule has 0 aromatic rings. The summed E-state index contributed by atoms with van der Waals surface area (Å²) in [6.07, 6.45) is 2.23. The first kappa shape index (κ1) is 12.5. The van der Waals surface area contributed by atoms with Gasteiger partial charge in [0.1, 0.15) is 0 Å². The predicted octanol–water partition coefficient (Wildman–Crippen LogP) is 0.668. The van der Waals surface area contributed by atoms with E-state index < -0.39 is 5.54 Å². The molecule has 4 nitrogen and oxygen atoms in total. The Bertz CT molecular complexity index is 223. The van der Waals surface area contributed by atoms with Gasteiger partial charge in [-0.3, -0.25) is 4.79 Å². The Kier molecular flexibility index (Phi) is 4.11. The van der Waals surface area contributed by atoms with Crippen LogP contribution in [0, 0.1) is 0 Å². The summed E-state index contributed by atoms with van der Waals surface area (Å²) in [4.78, 5) is 11.7. The average molecular weight is 214 g/mol. The Morgan fingerprint density at radius 1 is 1.47 bits per heavy atom. The maximum absolute atomic E-state index is 11.7. The maximum Gasteiger partial charge on any atom is 0.239 e. The van der Waals surface area contributed by atoms with Gasteiger partial charge in [0.25, 0.3) is 0 Å². The van der Waals surface area contributed by atoms with E-state index in [1.165, 1.54) is 0 Å². The molecule has 0 saturated heterocycles. The summed E-state index contributed by atoms with van der Waals surface area (Å²) in [5.74, 6) is 0.0601. The van der Waals surface area contributed by atoms with Crippen LogP contribution in [0.2, 0.25) is 0 Å². The van der Waals surface area contributed by atoms with E-state index in [0.717, 1.165) is 19.4 Å². The molecule has 0 aliphatic heterocycles. The van der Waals surface area contributed by atoms with Crippen molar-refractivity contribution in [1.82, 2.24) is 10.6 Å². The van der Waals surface area contributed by atoms with Crippen molar-refractivity contribution in [3.05, 3.63) is 0 Å². The molecule has 15 heavy (non-hydrogen) atoms. The van der Waals surface area contributed by atoms with Gasteiger partial charge in [0.2, 0.25) is 5.91 Å². The lowest BCUT2D eigenvalue weighted by molar-refractivity contribution is -0.128. The molecular weight excluding hydrogens is 192 g/mol. The molecular formula is C11H22N2O2. The number of carbonyl (C=O) groups excluding carboxylic acids is 1. The largest absolute Gasteiger partial charge is 0.378 e. The second-order valence-electron chi connectivity index (χ2n) is 4.59. The fourth-order valence-electron chi connectivity index (χ4n) is 1.53. The summed E-state index contributed by atoms with van der Waals surface area (Å²) < 4.78 is 5.43. The normalized spacial score (nSPS) is 25.9. The molecule has 1 aliphatic rings. The van der Waals surface area contributed by atoms with Crippen molar-refractivity contribution >= 4 is 5.91 Å². The lowest BCUT2D eigenvalue weighted by Crippen LogP contribution is -2.57. The molecule has 0 radical (unpaired) electrons. The van der Waals surface area contributed by atoms with Gasteiger partial charge in [-0.1, -0.05) is 0 Å². The zero-order valence-electron chi connectivity index (χ0n) is 10.1. The molecule has 0 atom stereocenters. The van der Waals surface area contributed by atoms with Gasteiger partial charge in [-0.25, -0.2) is 0 Å². The van der Waals surface area contributed by atoms with Gasteiger partial charge in [0, 0.05) is 12.6 Å². The molecule has 0 bridgehead atoms. The van der Waals surface area contributed by atoms with Crippen LogP contribution < -0.4 is 10.6 Å². The molecule has 88 valence electrons. The monoisotopic (exact) mass is 214 g/mol. The molecule has 0 spiro atoms. The molecule has 0 heterocycles. The van der Waals surface area contributed by atoms with Gasteiger partial charge in [-0.15, -0.1) is 0 Å². The van der Waals surface area contributed by atoms with Crippen molar-refractivity contribution in [3.63, 3.8) is 0 Å². The van der Waals surface area contributed by atoms with E-state index in [2.05, 4.69) is 10.6 Å². The van der Waals surface area contributed by atoms with Crippen LogP contribution in [0.5, 0.6) is 0 Å². The summed E-state index contributed by atoms with van der Waals surface area (Å²) >= 11 is 0. The predicted molar refractivity (Wildman–Crippen MR) is 59.7 cm³/mol. The van der Waals surface area contributed by atoms with Crippen molar-refractivity contribution in [3.8, 4) is 0 Å². The van der Waals surface area contributed by atoms with Crippen LogP contribution in [0.25, 0.3) is 0 Å². The number of rotatable bonds is 5. The Labute approximate surface area is 91.8 Å².